The quantitative estimate of drug-likeness (QED) is 0.395. The molecule has 3 aromatic carbocycles. The molecule has 1 amide bonds. The Balaban J connectivity index is 1.77. The SMILES string of the molecule is CC(NC(=O)c1ccc(Cl)cc1N(c1cccc2nccnc12)S(=O)[O-])c1ccc(F)cc1. The van der Waals surface area contributed by atoms with E-state index in [1.54, 1.807) is 37.3 Å². The van der Waals surface area contributed by atoms with Crippen molar-refractivity contribution in [2.75, 3.05) is 4.31 Å². The Bertz CT molecular complexity index is 1350. The van der Waals surface area contributed by atoms with Crippen LogP contribution in [0.5, 0.6) is 0 Å². The summed E-state index contributed by atoms with van der Waals surface area (Å²) in [5.74, 6) is -0.913. The number of nitrogens with zero attached hydrogens (tertiary/aromatic N) is 3. The molecule has 0 saturated heterocycles. The van der Waals surface area contributed by atoms with E-state index < -0.39 is 23.2 Å². The monoisotopic (exact) mass is 483 g/mol. The maximum absolute atomic E-state index is 13.2. The number of rotatable bonds is 6. The molecule has 1 heterocycles. The highest BCUT2D eigenvalue weighted by Crippen LogP contribution is 2.35. The van der Waals surface area contributed by atoms with Crippen molar-refractivity contribution < 1.29 is 17.9 Å². The Hall–Kier alpha value is -3.40. The number of aromatic nitrogens is 2. The average Bonchev–Trinajstić information content (AvgIpc) is 2.79. The van der Waals surface area contributed by atoms with Crippen LogP contribution in [0, 0.1) is 5.82 Å². The molecular formula is C23H17ClFN4O3S-. The molecule has 0 aliphatic rings. The minimum Gasteiger partial charge on any atom is -0.755 e. The number of para-hydroxylation sites is 1. The molecule has 1 aromatic heterocycles. The van der Waals surface area contributed by atoms with Crippen molar-refractivity contribution in [2.45, 2.75) is 13.0 Å². The van der Waals surface area contributed by atoms with Gasteiger partial charge < -0.3 is 9.87 Å². The number of halogens is 2. The Labute approximate surface area is 196 Å². The molecule has 4 rings (SSSR count). The van der Waals surface area contributed by atoms with E-state index in [-0.39, 0.29) is 27.8 Å². The maximum Gasteiger partial charge on any atom is 0.253 e. The van der Waals surface area contributed by atoms with Gasteiger partial charge in [0.2, 0.25) is 0 Å². The van der Waals surface area contributed by atoms with Crippen molar-refractivity contribution in [3.05, 3.63) is 95.0 Å². The molecular weight excluding hydrogens is 467 g/mol. The first kappa shape index (κ1) is 22.8. The lowest BCUT2D eigenvalue weighted by Gasteiger charge is -2.29. The molecule has 2 unspecified atom stereocenters. The van der Waals surface area contributed by atoms with Crippen molar-refractivity contribution in [3.8, 4) is 0 Å². The van der Waals surface area contributed by atoms with Gasteiger partial charge in [-0.25, -0.2) is 4.39 Å². The largest absolute Gasteiger partial charge is 0.755 e. The number of nitrogens with one attached hydrogen (secondary N) is 1. The van der Waals surface area contributed by atoms with Crippen molar-refractivity contribution in [3.63, 3.8) is 0 Å². The van der Waals surface area contributed by atoms with Gasteiger partial charge in [-0.2, -0.15) is 0 Å². The lowest BCUT2D eigenvalue weighted by atomic mass is 10.1. The predicted molar refractivity (Wildman–Crippen MR) is 124 cm³/mol. The normalized spacial score (nSPS) is 12.8. The maximum atomic E-state index is 13.2. The van der Waals surface area contributed by atoms with Crippen LogP contribution in [0.2, 0.25) is 5.02 Å². The summed E-state index contributed by atoms with van der Waals surface area (Å²) in [4.78, 5) is 21.6. The highest BCUT2D eigenvalue weighted by molar-refractivity contribution is 7.81. The number of hydrogen-bond donors (Lipinski definition) is 1. The van der Waals surface area contributed by atoms with Gasteiger partial charge in [-0.1, -0.05) is 29.8 Å². The number of amides is 1. The van der Waals surface area contributed by atoms with Crippen molar-refractivity contribution >= 4 is 51.2 Å². The van der Waals surface area contributed by atoms with Gasteiger partial charge in [-0.3, -0.25) is 23.3 Å². The molecule has 4 aromatic rings. The molecule has 0 bridgehead atoms. The summed E-state index contributed by atoms with van der Waals surface area (Å²) >= 11 is 3.36. The fourth-order valence-corrected chi connectivity index (χ4v) is 4.19. The summed E-state index contributed by atoms with van der Waals surface area (Å²) in [5, 5.41) is 3.06. The first-order valence-corrected chi connectivity index (χ1v) is 11.2. The first-order chi connectivity index (χ1) is 15.8. The van der Waals surface area contributed by atoms with Gasteiger partial charge in [0.25, 0.3) is 5.91 Å². The Morgan fingerprint density at radius 1 is 1.09 bits per heavy atom. The van der Waals surface area contributed by atoms with Crippen LogP contribution >= 0.6 is 11.6 Å². The number of benzene rings is 3. The van der Waals surface area contributed by atoms with Crippen LogP contribution in [0.15, 0.2) is 73.1 Å². The van der Waals surface area contributed by atoms with Gasteiger partial charge in [-0.05, 0) is 55.0 Å². The number of carbonyl (C=O) groups is 1. The summed E-state index contributed by atoms with van der Waals surface area (Å²) in [7, 11) is 0. The van der Waals surface area contributed by atoms with E-state index in [0.29, 0.717) is 16.6 Å². The minimum absolute atomic E-state index is 0.0535. The van der Waals surface area contributed by atoms with E-state index in [4.69, 9.17) is 11.6 Å². The molecule has 168 valence electrons. The smallest absolute Gasteiger partial charge is 0.253 e. The third kappa shape index (κ3) is 4.85. The molecule has 0 saturated carbocycles. The number of carbonyl (C=O) groups excluding carboxylic acids is 1. The minimum atomic E-state index is -2.81. The second-order valence-corrected chi connectivity index (χ2v) is 8.36. The Morgan fingerprint density at radius 2 is 1.82 bits per heavy atom. The van der Waals surface area contributed by atoms with Crippen molar-refractivity contribution in [1.29, 1.82) is 0 Å². The van der Waals surface area contributed by atoms with Crippen LogP contribution in [0.25, 0.3) is 11.0 Å². The van der Waals surface area contributed by atoms with E-state index in [1.807, 2.05) is 0 Å². The van der Waals surface area contributed by atoms with Crippen LogP contribution in [0.1, 0.15) is 28.9 Å². The number of hydrogen-bond acceptors (Lipinski definition) is 5. The standard InChI is InChI=1S/C23H18ClFN4O3S/c1-14(15-5-8-17(25)9-6-15)28-23(30)18-10-7-16(24)13-21(18)29(33(31)32)20-4-2-3-19-22(20)27-12-11-26-19/h2-14H,1H3,(H,28,30)(H,31,32)/p-1. The second-order valence-electron chi connectivity index (χ2n) is 7.12. The summed E-state index contributed by atoms with van der Waals surface area (Å²) in [6, 6.07) is 14.5. The zero-order valence-corrected chi connectivity index (χ0v) is 18.8. The van der Waals surface area contributed by atoms with Crippen LogP contribution in [-0.2, 0) is 11.3 Å². The zero-order valence-electron chi connectivity index (χ0n) is 17.2. The Morgan fingerprint density at radius 3 is 2.55 bits per heavy atom. The summed E-state index contributed by atoms with van der Waals surface area (Å²) in [5.41, 5.74) is 1.88. The lowest BCUT2D eigenvalue weighted by molar-refractivity contribution is 0.0940. The molecule has 0 aliphatic carbocycles. The average molecular weight is 484 g/mol. The summed E-state index contributed by atoms with van der Waals surface area (Å²) < 4.78 is 38.9. The van der Waals surface area contributed by atoms with Crippen molar-refractivity contribution in [1.82, 2.24) is 15.3 Å². The van der Waals surface area contributed by atoms with E-state index >= 15 is 0 Å². The van der Waals surface area contributed by atoms with Gasteiger partial charge in [0.05, 0.1) is 39.8 Å². The summed E-state index contributed by atoms with van der Waals surface area (Å²) in [6.07, 6.45) is 2.95. The molecule has 0 fully saturated rings. The zero-order chi connectivity index (χ0) is 23.5. The fraction of sp³-hybridized carbons (Fsp3) is 0.0870. The van der Waals surface area contributed by atoms with Crippen LogP contribution in [0.3, 0.4) is 0 Å². The van der Waals surface area contributed by atoms with Crippen molar-refractivity contribution in [2.24, 2.45) is 0 Å². The van der Waals surface area contributed by atoms with Gasteiger partial charge in [-0.15, -0.1) is 0 Å². The molecule has 33 heavy (non-hydrogen) atoms. The molecule has 7 nitrogen and oxygen atoms in total. The van der Waals surface area contributed by atoms with Gasteiger partial charge in [0, 0.05) is 17.4 Å². The van der Waals surface area contributed by atoms with Gasteiger partial charge >= 0.3 is 0 Å². The molecule has 2 atom stereocenters. The molecule has 0 spiro atoms. The predicted octanol–water partition coefficient (Wildman–Crippen LogP) is 4.85. The topological polar surface area (TPSA) is 98.2 Å². The second kappa shape index (κ2) is 9.62. The van der Waals surface area contributed by atoms with Crippen LogP contribution in [-0.4, -0.2) is 24.6 Å². The van der Waals surface area contributed by atoms with Crippen LogP contribution in [0.4, 0.5) is 15.8 Å². The van der Waals surface area contributed by atoms with E-state index in [2.05, 4.69) is 15.3 Å². The van der Waals surface area contributed by atoms with E-state index in [1.165, 1.54) is 42.7 Å². The Kier molecular flexibility index (Phi) is 6.64. The van der Waals surface area contributed by atoms with Gasteiger partial charge in [0.1, 0.15) is 11.3 Å². The lowest BCUT2D eigenvalue weighted by Crippen LogP contribution is -2.29. The highest BCUT2D eigenvalue weighted by Gasteiger charge is 2.23. The summed E-state index contributed by atoms with van der Waals surface area (Å²) in [6.45, 7) is 1.74. The highest BCUT2D eigenvalue weighted by atomic mass is 35.5. The van der Waals surface area contributed by atoms with Gasteiger partial charge in [0.15, 0.2) is 0 Å². The first-order valence-electron chi connectivity index (χ1n) is 9.80. The molecule has 0 aliphatic heterocycles. The molecule has 0 radical (unpaired) electrons. The molecule has 10 heteroatoms. The number of fused-ring (bicyclic) bond motifs is 1. The number of anilines is 2. The van der Waals surface area contributed by atoms with E-state index in [9.17, 15) is 17.9 Å². The van der Waals surface area contributed by atoms with E-state index in [0.717, 1.165) is 4.31 Å². The van der Waals surface area contributed by atoms with Crippen LogP contribution < -0.4 is 9.62 Å². The third-order valence-corrected chi connectivity index (χ3v) is 5.91. The molecule has 1 N–H and O–H groups in total. The fourth-order valence-electron chi connectivity index (χ4n) is 3.41. The third-order valence-electron chi connectivity index (χ3n) is 4.99.